The van der Waals surface area contributed by atoms with Crippen molar-refractivity contribution in [3.05, 3.63) is 42.0 Å². The summed E-state index contributed by atoms with van der Waals surface area (Å²) in [7, 11) is -2.55. The van der Waals surface area contributed by atoms with E-state index in [9.17, 15) is 17.6 Å². The van der Waals surface area contributed by atoms with Crippen molar-refractivity contribution in [3.8, 4) is 11.8 Å². The van der Waals surface area contributed by atoms with Gasteiger partial charge in [-0.1, -0.05) is 0 Å². The zero-order valence-corrected chi connectivity index (χ0v) is 15.0. The Morgan fingerprint density at radius 3 is 2.78 bits per heavy atom. The second kappa shape index (κ2) is 7.45. The van der Waals surface area contributed by atoms with Crippen molar-refractivity contribution in [2.24, 2.45) is 0 Å². The van der Waals surface area contributed by atoms with Gasteiger partial charge in [0.1, 0.15) is 11.9 Å². The minimum absolute atomic E-state index is 0.0427. The first kappa shape index (κ1) is 19.0. The van der Waals surface area contributed by atoms with Crippen molar-refractivity contribution in [3.63, 3.8) is 0 Å². The molecule has 1 N–H and O–H groups in total. The first-order chi connectivity index (χ1) is 12.8. The molecule has 1 atom stereocenters. The summed E-state index contributed by atoms with van der Waals surface area (Å²) in [6.07, 6.45) is 2.75. The van der Waals surface area contributed by atoms with Crippen LogP contribution >= 0.6 is 0 Å². The lowest BCUT2D eigenvalue weighted by molar-refractivity contribution is 0.0691. The molecule has 0 saturated carbocycles. The number of ether oxygens (including phenoxy) is 2. The number of halogens is 1. The van der Waals surface area contributed by atoms with Gasteiger partial charge in [0.15, 0.2) is 0 Å². The van der Waals surface area contributed by atoms with E-state index < -0.39 is 33.5 Å². The third-order valence-corrected chi connectivity index (χ3v) is 5.86. The molecule has 2 heterocycles. The predicted octanol–water partition coefficient (Wildman–Crippen LogP) is 1.16. The third kappa shape index (κ3) is 3.98. The van der Waals surface area contributed by atoms with E-state index in [1.54, 1.807) is 0 Å². The fourth-order valence-electron chi connectivity index (χ4n) is 2.65. The van der Waals surface area contributed by atoms with Crippen LogP contribution in [0.15, 0.2) is 35.5 Å². The standard InChI is InChI=1S/C16H16FN3O6S/c1-25-14-7-18-8-15(19-14)26-10-4-5-20(9-10)27(23,24)11-2-3-13(17)12(6-11)16(21)22/h2-3,6-8,10H,4-5,9H2,1H3,(H,21,22). The summed E-state index contributed by atoms with van der Waals surface area (Å²) in [6.45, 7) is 0.213. The summed E-state index contributed by atoms with van der Waals surface area (Å²) in [5.74, 6) is -2.07. The van der Waals surface area contributed by atoms with E-state index in [4.69, 9.17) is 14.6 Å². The first-order valence-corrected chi connectivity index (χ1v) is 9.31. The molecule has 1 aromatic heterocycles. The number of aromatic carboxylic acids is 1. The number of carbonyl (C=O) groups is 1. The van der Waals surface area contributed by atoms with Gasteiger partial charge in [0.05, 0.1) is 36.5 Å². The first-order valence-electron chi connectivity index (χ1n) is 7.87. The zero-order valence-electron chi connectivity index (χ0n) is 14.2. The van der Waals surface area contributed by atoms with Gasteiger partial charge in [-0.15, -0.1) is 0 Å². The Morgan fingerprint density at radius 2 is 2.07 bits per heavy atom. The molecule has 1 aliphatic heterocycles. The monoisotopic (exact) mass is 397 g/mol. The summed E-state index contributed by atoms with van der Waals surface area (Å²) in [4.78, 5) is 18.7. The van der Waals surface area contributed by atoms with E-state index in [1.807, 2.05) is 0 Å². The van der Waals surface area contributed by atoms with E-state index >= 15 is 0 Å². The Hall–Kier alpha value is -2.79. The number of methoxy groups -OCH3 is 1. The van der Waals surface area contributed by atoms with Crippen LogP contribution in [-0.2, 0) is 10.0 Å². The number of sulfonamides is 1. The predicted molar refractivity (Wildman–Crippen MR) is 89.7 cm³/mol. The molecular formula is C16H16FN3O6S. The molecule has 0 radical (unpaired) electrons. The van der Waals surface area contributed by atoms with Crippen LogP contribution in [-0.4, -0.2) is 60.1 Å². The lowest BCUT2D eigenvalue weighted by Gasteiger charge is -2.17. The summed E-state index contributed by atoms with van der Waals surface area (Å²) in [6, 6.07) is 2.68. The SMILES string of the molecule is COc1cncc(OC2CCN(S(=O)(=O)c3ccc(F)c(C(=O)O)c3)C2)n1. The average molecular weight is 397 g/mol. The highest BCUT2D eigenvalue weighted by molar-refractivity contribution is 7.89. The number of hydrogen-bond acceptors (Lipinski definition) is 7. The van der Waals surface area contributed by atoms with E-state index in [1.165, 1.54) is 19.5 Å². The summed E-state index contributed by atoms with van der Waals surface area (Å²) in [5.41, 5.74) is -0.699. The summed E-state index contributed by atoms with van der Waals surface area (Å²) < 4.78 is 50.7. The van der Waals surface area contributed by atoms with Crippen LogP contribution in [0, 0.1) is 5.82 Å². The van der Waals surface area contributed by atoms with Crippen LogP contribution in [0.2, 0.25) is 0 Å². The van der Waals surface area contributed by atoms with Gasteiger partial charge in [0.25, 0.3) is 0 Å². The smallest absolute Gasteiger partial charge is 0.338 e. The lowest BCUT2D eigenvalue weighted by Crippen LogP contribution is -2.31. The molecule has 3 rings (SSSR count). The Bertz CT molecular complexity index is 968. The fraction of sp³-hybridized carbons (Fsp3) is 0.312. The maximum atomic E-state index is 13.5. The zero-order chi connectivity index (χ0) is 19.6. The fourth-order valence-corrected chi connectivity index (χ4v) is 4.16. The van der Waals surface area contributed by atoms with Gasteiger partial charge in [-0.25, -0.2) is 17.6 Å². The van der Waals surface area contributed by atoms with Crippen molar-refractivity contribution >= 4 is 16.0 Å². The van der Waals surface area contributed by atoms with E-state index in [2.05, 4.69) is 9.97 Å². The van der Waals surface area contributed by atoms with Crippen molar-refractivity contribution in [2.45, 2.75) is 17.4 Å². The van der Waals surface area contributed by atoms with Crippen molar-refractivity contribution < 1.29 is 32.2 Å². The second-order valence-corrected chi connectivity index (χ2v) is 7.68. The molecule has 0 aliphatic carbocycles. The van der Waals surface area contributed by atoms with Gasteiger partial charge < -0.3 is 14.6 Å². The maximum absolute atomic E-state index is 13.5. The number of carboxylic acids is 1. The molecule has 1 fully saturated rings. The molecule has 0 amide bonds. The quantitative estimate of drug-likeness (QED) is 0.771. The van der Waals surface area contributed by atoms with Crippen LogP contribution in [0.3, 0.4) is 0 Å². The van der Waals surface area contributed by atoms with Gasteiger partial charge in [-0.2, -0.15) is 9.29 Å². The molecule has 1 aromatic carbocycles. The van der Waals surface area contributed by atoms with Crippen LogP contribution in [0.5, 0.6) is 11.8 Å². The Morgan fingerprint density at radius 1 is 1.33 bits per heavy atom. The van der Waals surface area contributed by atoms with E-state index in [0.717, 1.165) is 22.5 Å². The number of carboxylic acid groups (broad SMARTS) is 1. The molecule has 1 unspecified atom stereocenters. The molecule has 11 heteroatoms. The largest absolute Gasteiger partial charge is 0.480 e. The number of benzene rings is 1. The highest BCUT2D eigenvalue weighted by atomic mass is 32.2. The number of rotatable bonds is 6. The Labute approximate surface area is 154 Å². The molecule has 0 spiro atoms. The maximum Gasteiger partial charge on any atom is 0.338 e. The van der Waals surface area contributed by atoms with E-state index in [-0.39, 0.29) is 29.7 Å². The molecule has 1 aliphatic rings. The molecular weight excluding hydrogens is 381 g/mol. The van der Waals surface area contributed by atoms with Crippen LogP contribution in [0.25, 0.3) is 0 Å². The Balaban J connectivity index is 1.75. The van der Waals surface area contributed by atoms with Crippen molar-refractivity contribution in [1.29, 1.82) is 0 Å². The molecule has 0 bridgehead atoms. The van der Waals surface area contributed by atoms with Gasteiger partial charge >= 0.3 is 5.97 Å². The second-order valence-electron chi connectivity index (χ2n) is 5.74. The summed E-state index contributed by atoms with van der Waals surface area (Å²) in [5, 5.41) is 8.98. The number of aromatic nitrogens is 2. The number of hydrogen-bond donors (Lipinski definition) is 1. The molecule has 144 valence electrons. The molecule has 27 heavy (non-hydrogen) atoms. The molecule has 2 aromatic rings. The lowest BCUT2D eigenvalue weighted by atomic mass is 10.2. The van der Waals surface area contributed by atoms with Gasteiger partial charge in [0.2, 0.25) is 21.8 Å². The van der Waals surface area contributed by atoms with Crippen LogP contribution in [0.1, 0.15) is 16.8 Å². The van der Waals surface area contributed by atoms with Crippen LogP contribution < -0.4 is 9.47 Å². The van der Waals surface area contributed by atoms with Gasteiger partial charge in [-0.05, 0) is 24.6 Å². The number of nitrogens with zero attached hydrogens (tertiary/aromatic N) is 3. The molecule has 9 nitrogen and oxygen atoms in total. The van der Waals surface area contributed by atoms with E-state index in [0.29, 0.717) is 6.42 Å². The Kier molecular flexibility index (Phi) is 5.24. The van der Waals surface area contributed by atoms with Crippen molar-refractivity contribution in [1.82, 2.24) is 14.3 Å². The third-order valence-electron chi connectivity index (χ3n) is 4.00. The highest BCUT2D eigenvalue weighted by Crippen LogP contribution is 2.25. The van der Waals surface area contributed by atoms with Crippen molar-refractivity contribution in [2.75, 3.05) is 20.2 Å². The minimum atomic E-state index is -3.99. The minimum Gasteiger partial charge on any atom is -0.480 e. The highest BCUT2D eigenvalue weighted by Gasteiger charge is 2.34. The van der Waals surface area contributed by atoms with Gasteiger partial charge in [0, 0.05) is 6.54 Å². The van der Waals surface area contributed by atoms with Crippen LogP contribution in [0.4, 0.5) is 4.39 Å². The summed E-state index contributed by atoms with van der Waals surface area (Å²) >= 11 is 0. The average Bonchev–Trinajstić information content (AvgIpc) is 3.11. The normalized spacial score (nSPS) is 17.6. The topological polar surface area (TPSA) is 119 Å². The molecule has 1 saturated heterocycles. The van der Waals surface area contributed by atoms with Gasteiger partial charge in [-0.3, -0.25) is 4.98 Å².